The minimum atomic E-state index is 0.357. The zero-order chi connectivity index (χ0) is 9.10. The van der Waals surface area contributed by atoms with Crippen LogP contribution in [0, 0.1) is 0 Å². The van der Waals surface area contributed by atoms with E-state index in [1.165, 1.54) is 12.8 Å². The van der Waals surface area contributed by atoms with E-state index in [0.717, 1.165) is 5.69 Å². The standard InChI is InChI=1S/C10H15N3/c1-8(10-6-7-11-13-10)12-9-4-2-3-5-9/h2,4,6-9,12H,3,5H2,1H3,(H,11,13). The summed E-state index contributed by atoms with van der Waals surface area (Å²) < 4.78 is 0. The molecule has 2 unspecified atom stereocenters. The predicted molar refractivity (Wildman–Crippen MR) is 52.3 cm³/mol. The van der Waals surface area contributed by atoms with Crippen LogP contribution in [0.1, 0.15) is 31.5 Å². The zero-order valence-electron chi connectivity index (χ0n) is 7.83. The highest BCUT2D eigenvalue weighted by atomic mass is 15.1. The number of rotatable bonds is 3. The second kappa shape index (κ2) is 3.75. The summed E-state index contributed by atoms with van der Waals surface area (Å²) in [6.45, 7) is 2.15. The second-order valence-electron chi connectivity index (χ2n) is 3.51. The normalized spacial score (nSPS) is 23.6. The first kappa shape index (κ1) is 8.51. The molecule has 2 atom stereocenters. The van der Waals surface area contributed by atoms with E-state index in [1.807, 2.05) is 6.07 Å². The lowest BCUT2D eigenvalue weighted by Gasteiger charge is -2.16. The fourth-order valence-corrected chi connectivity index (χ4v) is 1.69. The SMILES string of the molecule is CC(NC1C=CCC1)c1ccn[nH]1. The highest BCUT2D eigenvalue weighted by Crippen LogP contribution is 2.14. The molecule has 0 fully saturated rings. The summed E-state index contributed by atoms with van der Waals surface area (Å²) in [6, 6.07) is 2.91. The largest absolute Gasteiger partial charge is 0.303 e. The molecule has 0 radical (unpaired) electrons. The molecule has 13 heavy (non-hydrogen) atoms. The Hall–Kier alpha value is -1.09. The van der Waals surface area contributed by atoms with Crippen molar-refractivity contribution < 1.29 is 0 Å². The number of hydrogen-bond donors (Lipinski definition) is 2. The van der Waals surface area contributed by atoms with E-state index in [2.05, 4.69) is 34.6 Å². The zero-order valence-corrected chi connectivity index (χ0v) is 7.83. The van der Waals surface area contributed by atoms with Gasteiger partial charge in [-0.15, -0.1) is 0 Å². The van der Waals surface area contributed by atoms with Gasteiger partial charge < -0.3 is 5.32 Å². The van der Waals surface area contributed by atoms with Crippen LogP contribution in [0.15, 0.2) is 24.4 Å². The van der Waals surface area contributed by atoms with Gasteiger partial charge in [0.25, 0.3) is 0 Å². The lowest BCUT2D eigenvalue weighted by Crippen LogP contribution is -2.28. The van der Waals surface area contributed by atoms with E-state index in [0.29, 0.717) is 12.1 Å². The molecule has 0 aromatic carbocycles. The fraction of sp³-hybridized carbons (Fsp3) is 0.500. The molecule has 2 N–H and O–H groups in total. The van der Waals surface area contributed by atoms with Crippen LogP contribution in [0.5, 0.6) is 0 Å². The van der Waals surface area contributed by atoms with Crippen molar-refractivity contribution in [1.29, 1.82) is 0 Å². The summed E-state index contributed by atoms with van der Waals surface area (Å²) in [4.78, 5) is 0. The molecule has 3 heteroatoms. The van der Waals surface area contributed by atoms with Crippen LogP contribution in [0.25, 0.3) is 0 Å². The Morgan fingerprint density at radius 2 is 2.62 bits per heavy atom. The lowest BCUT2D eigenvalue weighted by molar-refractivity contribution is 0.496. The molecule has 0 spiro atoms. The number of aromatic amines is 1. The Bertz CT molecular complexity index is 276. The molecule has 3 nitrogen and oxygen atoms in total. The molecule has 0 aliphatic heterocycles. The van der Waals surface area contributed by atoms with Gasteiger partial charge in [-0.1, -0.05) is 12.2 Å². The molecule has 0 bridgehead atoms. The van der Waals surface area contributed by atoms with Crippen LogP contribution in [-0.2, 0) is 0 Å². The maximum Gasteiger partial charge on any atom is 0.0518 e. The highest BCUT2D eigenvalue weighted by molar-refractivity contribution is 5.07. The molecule has 1 aliphatic carbocycles. The molecular formula is C10H15N3. The summed E-state index contributed by atoms with van der Waals surface area (Å²) in [5, 5.41) is 10.4. The topological polar surface area (TPSA) is 40.7 Å². The van der Waals surface area contributed by atoms with E-state index in [1.54, 1.807) is 6.20 Å². The summed E-state index contributed by atoms with van der Waals surface area (Å²) in [5.41, 5.74) is 1.15. The molecule has 1 aromatic heterocycles. The minimum Gasteiger partial charge on any atom is -0.303 e. The summed E-state index contributed by atoms with van der Waals surface area (Å²) in [5.74, 6) is 0. The monoisotopic (exact) mass is 177 g/mol. The van der Waals surface area contributed by atoms with Crippen LogP contribution in [0.4, 0.5) is 0 Å². The number of aromatic nitrogens is 2. The van der Waals surface area contributed by atoms with Crippen molar-refractivity contribution in [2.45, 2.75) is 31.8 Å². The Balaban J connectivity index is 1.91. The smallest absolute Gasteiger partial charge is 0.0518 e. The van der Waals surface area contributed by atoms with Gasteiger partial charge >= 0.3 is 0 Å². The highest BCUT2D eigenvalue weighted by Gasteiger charge is 2.13. The number of H-pyrrole nitrogens is 1. The maximum absolute atomic E-state index is 3.93. The average Bonchev–Trinajstić information content (AvgIpc) is 2.74. The Kier molecular flexibility index (Phi) is 2.45. The number of hydrogen-bond acceptors (Lipinski definition) is 2. The maximum atomic E-state index is 3.93. The van der Waals surface area contributed by atoms with Crippen molar-refractivity contribution in [3.8, 4) is 0 Å². The average molecular weight is 177 g/mol. The van der Waals surface area contributed by atoms with Crippen molar-refractivity contribution in [1.82, 2.24) is 15.5 Å². The Labute approximate surface area is 78.2 Å². The van der Waals surface area contributed by atoms with Crippen molar-refractivity contribution in [2.24, 2.45) is 0 Å². The molecule has 0 saturated carbocycles. The number of allylic oxidation sites excluding steroid dienone is 1. The van der Waals surface area contributed by atoms with Crippen LogP contribution in [-0.4, -0.2) is 16.2 Å². The molecule has 2 rings (SSSR count). The van der Waals surface area contributed by atoms with Crippen LogP contribution < -0.4 is 5.32 Å². The van der Waals surface area contributed by atoms with Crippen molar-refractivity contribution >= 4 is 0 Å². The quantitative estimate of drug-likeness (QED) is 0.691. The van der Waals surface area contributed by atoms with Gasteiger partial charge in [0, 0.05) is 18.3 Å². The minimum absolute atomic E-state index is 0.357. The fourth-order valence-electron chi connectivity index (χ4n) is 1.69. The second-order valence-corrected chi connectivity index (χ2v) is 3.51. The Morgan fingerprint density at radius 1 is 1.69 bits per heavy atom. The van der Waals surface area contributed by atoms with E-state index >= 15 is 0 Å². The van der Waals surface area contributed by atoms with Gasteiger partial charge in [0.15, 0.2) is 0 Å². The predicted octanol–water partition coefficient (Wildman–Crippen LogP) is 1.78. The van der Waals surface area contributed by atoms with Crippen molar-refractivity contribution in [2.75, 3.05) is 0 Å². The van der Waals surface area contributed by atoms with E-state index in [-0.39, 0.29) is 0 Å². The van der Waals surface area contributed by atoms with Gasteiger partial charge in [0.2, 0.25) is 0 Å². The van der Waals surface area contributed by atoms with Gasteiger partial charge in [0.1, 0.15) is 0 Å². The first-order valence-electron chi connectivity index (χ1n) is 4.78. The van der Waals surface area contributed by atoms with Crippen LogP contribution >= 0.6 is 0 Å². The molecule has 1 heterocycles. The molecule has 1 aliphatic rings. The first-order valence-corrected chi connectivity index (χ1v) is 4.78. The number of nitrogens with zero attached hydrogens (tertiary/aromatic N) is 1. The van der Waals surface area contributed by atoms with Gasteiger partial charge in [-0.2, -0.15) is 5.10 Å². The third-order valence-electron chi connectivity index (χ3n) is 2.47. The third kappa shape index (κ3) is 1.98. The van der Waals surface area contributed by atoms with Gasteiger partial charge in [-0.05, 0) is 25.8 Å². The lowest BCUT2D eigenvalue weighted by atomic mass is 10.2. The van der Waals surface area contributed by atoms with E-state index < -0.39 is 0 Å². The van der Waals surface area contributed by atoms with Crippen LogP contribution in [0.2, 0.25) is 0 Å². The van der Waals surface area contributed by atoms with Gasteiger partial charge in [-0.25, -0.2) is 0 Å². The van der Waals surface area contributed by atoms with Gasteiger partial charge in [0.05, 0.1) is 5.69 Å². The number of nitrogens with one attached hydrogen (secondary N) is 2. The van der Waals surface area contributed by atoms with Crippen molar-refractivity contribution in [3.05, 3.63) is 30.1 Å². The van der Waals surface area contributed by atoms with Crippen LogP contribution in [0.3, 0.4) is 0 Å². The summed E-state index contributed by atoms with van der Waals surface area (Å²) in [6.07, 6.45) is 8.69. The molecule has 0 saturated heterocycles. The Morgan fingerprint density at radius 3 is 3.23 bits per heavy atom. The molecule has 1 aromatic rings. The van der Waals surface area contributed by atoms with Gasteiger partial charge in [-0.3, -0.25) is 5.10 Å². The van der Waals surface area contributed by atoms with E-state index in [9.17, 15) is 0 Å². The third-order valence-corrected chi connectivity index (χ3v) is 2.47. The molecule has 0 amide bonds. The van der Waals surface area contributed by atoms with Crippen molar-refractivity contribution in [3.63, 3.8) is 0 Å². The van der Waals surface area contributed by atoms with E-state index in [4.69, 9.17) is 0 Å². The summed E-state index contributed by atoms with van der Waals surface area (Å²) in [7, 11) is 0. The first-order chi connectivity index (χ1) is 6.36. The summed E-state index contributed by atoms with van der Waals surface area (Å²) >= 11 is 0. The molecular weight excluding hydrogens is 162 g/mol. The molecule has 70 valence electrons.